The second-order valence-corrected chi connectivity index (χ2v) is 9.88. The molecule has 1 aromatic carbocycles. The summed E-state index contributed by atoms with van der Waals surface area (Å²) in [6, 6.07) is 1.15. The number of nitrogens with zero attached hydrogens (tertiary/aromatic N) is 5. The van der Waals surface area contributed by atoms with Crippen LogP contribution in [-0.4, -0.2) is 42.6 Å². The van der Waals surface area contributed by atoms with Crippen LogP contribution in [0.1, 0.15) is 36.0 Å². The zero-order chi connectivity index (χ0) is 28.8. The molecule has 14 heteroatoms. The number of carbonyl (C=O) groups is 1. The van der Waals surface area contributed by atoms with E-state index in [4.69, 9.17) is 5.73 Å². The van der Waals surface area contributed by atoms with Crippen molar-refractivity contribution in [2.24, 2.45) is 19.8 Å². The molecule has 4 aromatic rings. The number of benzene rings is 1. The lowest BCUT2D eigenvalue weighted by atomic mass is 10.1. The van der Waals surface area contributed by atoms with E-state index in [0.717, 1.165) is 28.0 Å². The summed E-state index contributed by atoms with van der Waals surface area (Å²) < 4.78 is 56.8. The lowest BCUT2D eigenvalue weighted by molar-refractivity contribution is -0.140. The molecule has 0 spiro atoms. The highest BCUT2D eigenvalue weighted by Crippen LogP contribution is 2.35. The first kappa shape index (κ1) is 28.2. The average Bonchev–Trinajstić information content (AvgIpc) is 3.49. The molecule has 0 aliphatic carbocycles. The first-order chi connectivity index (χ1) is 18.3. The van der Waals surface area contributed by atoms with Crippen molar-refractivity contribution >= 4 is 28.3 Å². The summed E-state index contributed by atoms with van der Waals surface area (Å²) in [6.45, 7) is 5.71. The molecule has 0 saturated carbocycles. The molecule has 1 atom stereocenters. The molecule has 0 aliphatic heterocycles. The average molecular weight is 567 g/mol. The van der Waals surface area contributed by atoms with Gasteiger partial charge < -0.3 is 10.3 Å². The minimum absolute atomic E-state index is 0.0721. The molecule has 0 aliphatic rings. The molecule has 39 heavy (non-hydrogen) atoms. The van der Waals surface area contributed by atoms with Crippen LogP contribution in [0, 0.1) is 5.82 Å². The van der Waals surface area contributed by atoms with E-state index in [2.05, 4.69) is 9.88 Å². The molecule has 3 aromatic heterocycles. The predicted molar refractivity (Wildman–Crippen MR) is 139 cm³/mol. The van der Waals surface area contributed by atoms with Crippen molar-refractivity contribution in [1.82, 2.24) is 23.6 Å². The molecule has 0 saturated heterocycles. The Hall–Kier alpha value is -3.78. The zero-order valence-corrected chi connectivity index (χ0v) is 22.4. The highest BCUT2D eigenvalue weighted by Gasteiger charge is 2.34. The van der Waals surface area contributed by atoms with Crippen LogP contribution in [0.25, 0.3) is 22.3 Å². The number of halogens is 4. The third kappa shape index (κ3) is 5.01. The Morgan fingerprint density at radius 2 is 1.79 bits per heavy atom. The van der Waals surface area contributed by atoms with Crippen LogP contribution in [-0.2, 0) is 31.6 Å². The summed E-state index contributed by atoms with van der Waals surface area (Å²) in [5, 5.41) is 1.60. The molecule has 3 heterocycles. The molecule has 208 valence electrons. The SMILES string of the molecule is CCN(CC)Cc1cn(C(C(N)=O)c2nc(-c3ccc(C(F)(F)F)c(F)c3)cs2)c2c(=O)n(C)c(=O)n(C)c12. The second kappa shape index (κ2) is 10.4. The van der Waals surface area contributed by atoms with Gasteiger partial charge in [-0.05, 0) is 25.2 Å². The van der Waals surface area contributed by atoms with Crippen LogP contribution in [0.2, 0.25) is 0 Å². The molecule has 0 fully saturated rings. The van der Waals surface area contributed by atoms with Gasteiger partial charge >= 0.3 is 11.9 Å². The number of fused-ring (bicyclic) bond motifs is 1. The van der Waals surface area contributed by atoms with Gasteiger partial charge in [0, 0.05) is 43.3 Å². The minimum atomic E-state index is -4.85. The lowest BCUT2D eigenvalue weighted by Crippen LogP contribution is -2.38. The van der Waals surface area contributed by atoms with Gasteiger partial charge in [-0.25, -0.2) is 14.2 Å². The standard InChI is InChI=1S/C25H26F4N6O3S/c1-5-34(6-2)10-14-11-35(19-18(14)32(3)24(38)33(4)23(19)37)20(21(30)36)22-31-17(12-39-22)13-7-8-15(16(26)9-13)25(27,28)29/h7-9,11-12,20H,5-6,10H2,1-4H3,(H2,30,36). The van der Waals surface area contributed by atoms with E-state index in [0.29, 0.717) is 36.8 Å². The predicted octanol–water partition coefficient (Wildman–Crippen LogP) is 3.24. The number of hydrogen-bond acceptors (Lipinski definition) is 6. The summed E-state index contributed by atoms with van der Waals surface area (Å²) in [5.41, 5.74) is 4.46. The lowest BCUT2D eigenvalue weighted by Gasteiger charge is -2.17. The largest absolute Gasteiger partial charge is 0.419 e. The molecular weight excluding hydrogens is 540 g/mol. The third-order valence-corrected chi connectivity index (χ3v) is 7.56. The summed E-state index contributed by atoms with van der Waals surface area (Å²) >= 11 is 0.984. The quantitative estimate of drug-likeness (QED) is 0.330. The van der Waals surface area contributed by atoms with Crippen LogP contribution in [0.5, 0.6) is 0 Å². The van der Waals surface area contributed by atoms with Gasteiger partial charge in [0.2, 0.25) is 5.91 Å². The number of thiazole rings is 1. The summed E-state index contributed by atoms with van der Waals surface area (Å²) in [5.74, 6) is -2.31. The number of primary amides is 1. The second-order valence-electron chi connectivity index (χ2n) is 8.99. The van der Waals surface area contributed by atoms with Gasteiger partial charge in [0.05, 0.1) is 16.8 Å². The monoisotopic (exact) mass is 566 g/mol. The van der Waals surface area contributed by atoms with Gasteiger partial charge in [0.1, 0.15) is 16.3 Å². The van der Waals surface area contributed by atoms with Crippen molar-refractivity contribution in [3.63, 3.8) is 0 Å². The Labute approximate surface area is 223 Å². The fraction of sp³-hybridized carbons (Fsp3) is 0.360. The first-order valence-electron chi connectivity index (χ1n) is 11.9. The van der Waals surface area contributed by atoms with E-state index in [-0.39, 0.29) is 21.8 Å². The Kier molecular flexibility index (Phi) is 7.54. The normalized spacial score (nSPS) is 12.9. The van der Waals surface area contributed by atoms with E-state index < -0.39 is 40.8 Å². The summed E-state index contributed by atoms with van der Waals surface area (Å²) in [7, 11) is 2.85. The molecule has 2 N–H and O–H groups in total. The van der Waals surface area contributed by atoms with Gasteiger partial charge in [-0.3, -0.25) is 23.6 Å². The smallest absolute Gasteiger partial charge is 0.367 e. The Morgan fingerprint density at radius 1 is 1.13 bits per heavy atom. The van der Waals surface area contributed by atoms with Crippen molar-refractivity contribution in [1.29, 1.82) is 0 Å². The maximum Gasteiger partial charge on any atom is 0.419 e. The number of amides is 1. The summed E-state index contributed by atoms with van der Waals surface area (Å²) in [4.78, 5) is 45.3. The van der Waals surface area contributed by atoms with E-state index in [1.165, 1.54) is 28.6 Å². The van der Waals surface area contributed by atoms with Gasteiger partial charge in [0.25, 0.3) is 5.56 Å². The Balaban J connectivity index is 1.90. The van der Waals surface area contributed by atoms with E-state index in [1.807, 2.05) is 13.8 Å². The Morgan fingerprint density at radius 3 is 2.36 bits per heavy atom. The van der Waals surface area contributed by atoms with Gasteiger partial charge in [-0.15, -0.1) is 11.3 Å². The fourth-order valence-corrected chi connectivity index (χ4v) is 5.49. The number of hydrogen-bond donors (Lipinski definition) is 1. The van der Waals surface area contributed by atoms with Crippen LogP contribution in [0.4, 0.5) is 17.6 Å². The molecule has 9 nitrogen and oxygen atoms in total. The molecular formula is C25H26F4N6O3S. The highest BCUT2D eigenvalue weighted by atomic mass is 32.1. The van der Waals surface area contributed by atoms with Gasteiger partial charge in [-0.2, -0.15) is 13.2 Å². The molecule has 0 bridgehead atoms. The molecule has 4 rings (SSSR count). The first-order valence-corrected chi connectivity index (χ1v) is 12.8. The fourth-order valence-electron chi connectivity index (χ4n) is 4.56. The molecule has 1 amide bonds. The number of nitrogens with two attached hydrogens (primary N) is 1. The third-order valence-electron chi connectivity index (χ3n) is 6.66. The van der Waals surface area contributed by atoms with Crippen molar-refractivity contribution in [3.8, 4) is 11.3 Å². The Bertz CT molecular complexity index is 1680. The van der Waals surface area contributed by atoms with E-state index in [1.54, 1.807) is 6.20 Å². The number of aromatic nitrogens is 4. The number of carbonyl (C=O) groups excluding carboxylic acids is 1. The van der Waals surface area contributed by atoms with Crippen molar-refractivity contribution in [3.05, 3.63) is 72.6 Å². The highest BCUT2D eigenvalue weighted by molar-refractivity contribution is 7.10. The van der Waals surface area contributed by atoms with Crippen LogP contribution in [0.15, 0.2) is 39.4 Å². The maximum absolute atomic E-state index is 14.2. The van der Waals surface area contributed by atoms with E-state index in [9.17, 15) is 31.9 Å². The maximum atomic E-state index is 14.2. The number of alkyl halides is 3. The minimum Gasteiger partial charge on any atom is -0.367 e. The summed E-state index contributed by atoms with van der Waals surface area (Å²) in [6.07, 6.45) is -3.25. The van der Waals surface area contributed by atoms with Crippen molar-refractivity contribution < 1.29 is 22.4 Å². The number of aryl methyl sites for hydroxylation is 1. The van der Waals surface area contributed by atoms with Crippen molar-refractivity contribution in [2.75, 3.05) is 13.1 Å². The van der Waals surface area contributed by atoms with Crippen LogP contribution in [0.3, 0.4) is 0 Å². The van der Waals surface area contributed by atoms with Crippen molar-refractivity contribution in [2.45, 2.75) is 32.6 Å². The van der Waals surface area contributed by atoms with E-state index >= 15 is 0 Å². The topological polar surface area (TPSA) is 108 Å². The van der Waals surface area contributed by atoms with Crippen LogP contribution >= 0.6 is 11.3 Å². The van der Waals surface area contributed by atoms with Gasteiger partial charge in [0.15, 0.2) is 6.04 Å². The molecule has 0 radical (unpaired) electrons. The molecule has 1 unspecified atom stereocenters. The van der Waals surface area contributed by atoms with Crippen LogP contribution < -0.4 is 17.0 Å². The van der Waals surface area contributed by atoms with Gasteiger partial charge in [-0.1, -0.05) is 19.9 Å². The number of rotatable bonds is 8. The zero-order valence-electron chi connectivity index (χ0n) is 21.5.